The van der Waals surface area contributed by atoms with Crippen LogP contribution in [0, 0.1) is 5.41 Å². The van der Waals surface area contributed by atoms with Crippen molar-refractivity contribution in [2.45, 2.75) is 45.3 Å². The molecule has 3 aromatic rings. The molecule has 6 rings (SSSR count). The van der Waals surface area contributed by atoms with E-state index >= 15 is 0 Å². The lowest BCUT2D eigenvalue weighted by Gasteiger charge is -2.27. The number of nitrogens with zero attached hydrogens (tertiary/aromatic N) is 4. The number of halogens is 1. The number of carbonyl (C=O) groups is 3. The van der Waals surface area contributed by atoms with E-state index in [0.717, 1.165) is 6.42 Å². The molecular weight excluding hydrogens is 518 g/mol. The summed E-state index contributed by atoms with van der Waals surface area (Å²) in [5.74, 6) is 0.396. The fraction of sp³-hybridized carbons (Fsp3) is 0.375. The molecule has 4 heterocycles. The first-order chi connectivity index (χ1) is 16.8. The van der Waals surface area contributed by atoms with Crippen LogP contribution in [0.3, 0.4) is 0 Å². The summed E-state index contributed by atoms with van der Waals surface area (Å²) < 4.78 is 13.1. The lowest BCUT2D eigenvalue weighted by molar-refractivity contribution is -0.138. The van der Waals surface area contributed by atoms with E-state index in [1.807, 2.05) is 24.3 Å². The second kappa shape index (κ2) is 7.77. The number of carbonyl (C=O) groups excluding carboxylic acids is 3. The highest BCUT2D eigenvalue weighted by Crippen LogP contribution is 2.59. The standard InChI is InChI=1S/C24H22BrN5O5/c1-12(31)19-13-5-3-4-6-15(13)29(28-19)10-18(32)30-16(7-24(2)8-17(24)30)23(33)27-22-21-20(34-11-35-21)14(25)9-26-22/h3-6,9,16-17H,7-8,10-11H2,1-2H3,(H,26,27,33)/t16-,17+,24-/m0/s1. The van der Waals surface area contributed by atoms with Crippen molar-refractivity contribution < 1.29 is 23.9 Å². The Kier molecular flexibility index (Phi) is 4.89. The Bertz CT molecular complexity index is 1420. The summed E-state index contributed by atoms with van der Waals surface area (Å²) in [5.41, 5.74) is 0.942. The Morgan fingerprint density at radius 1 is 1.20 bits per heavy atom. The highest BCUT2D eigenvalue weighted by Gasteiger charge is 2.64. The van der Waals surface area contributed by atoms with Crippen LogP contribution >= 0.6 is 15.9 Å². The first-order valence-corrected chi connectivity index (χ1v) is 12.1. The molecule has 180 valence electrons. The van der Waals surface area contributed by atoms with Crippen molar-refractivity contribution >= 4 is 50.2 Å². The van der Waals surface area contributed by atoms with E-state index in [1.165, 1.54) is 13.1 Å². The van der Waals surface area contributed by atoms with Gasteiger partial charge in [0.1, 0.15) is 18.3 Å². The maximum Gasteiger partial charge on any atom is 0.248 e. The molecule has 1 N–H and O–H groups in total. The van der Waals surface area contributed by atoms with Gasteiger partial charge in [-0.05, 0) is 40.3 Å². The highest BCUT2D eigenvalue weighted by atomic mass is 79.9. The van der Waals surface area contributed by atoms with E-state index in [2.05, 4.69) is 38.3 Å². The van der Waals surface area contributed by atoms with Crippen LogP contribution in [0.15, 0.2) is 34.9 Å². The summed E-state index contributed by atoms with van der Waals surface area (Å²) in [4.78, 5) is 44.9. The maximum atomic E-state index is 13.5. The molecule has 1 saturated carbocycles. The average molecular weight is 540 g/mol. The SMILES string of the molecule is CC(=O)c1nn(CC(=O)N2[C@H](C(=O)Nc3ncc(Br)c4c3OCO4)C[C@@]3(C)C[C@@H]23)c2ccccc12. The third-order valence-corrected chi connectivity index (χ3v) is 7.66. The maximum absolute atomic E-state index is 13.5. The summed E-state index contributed by atoms with van der Waals surface area (Å²) in [6.45, 7) is 3.53. The summed E-state index contributed by atoms with van der Waals surface area (Å²) >= 11 is 3.36. The third kappa shape index (κ3) is 3.48. The number of anilines is 1. The van der Waals surface area contributed by atoms with E-state index in [9.17, 15) is 14.4 Å². The first kappa shape index (κ1) is 22.0. The smallest absolute Gasteiger partial charge is 0.248 e. The van der Waals surface area contributed by atoms with E-state index in [4.69, 9.17) is 9.47 Å². The van der Waals surface area contributed by atoms with Crippen molar-refractivity contribution in [1.29, 1.82) is 0 Å². The molecule has 0 unspecified atom stereocenters. The van der Waals surface area contributed by atoms with Gasteiger partial charge in [0, 0.05) is 24.5 Å². The molecule has 2 fully saturated rings. The van der Waals surface area contributed by atoms with Crippen LogP contribution < -0.4 is 14.8 Å². The van der Waals surface area contributed by atoms with Crippen LogP contribution in [0.4, 0.5) is 5.82 Å². The number of para-hydroxylation sites is 1. The summed E-state index contributed by atoms with van der Waals surface area (Å²) in [6.07, 6.45) is 2.95. The fourth-order valence-corrected chi connectivity index (χ4v) is 5.63. The molecule has 2 aromatic heterocycles. The second-order valence-electron chi connectivity index (χ2n) is 9.48. The summed E-state index contributed by atoms with van der Waals surface area (Å²) in [6, 6.07) is 6.67. The number of nitrogens with one attached hydrogen (secondary N) is 1. The number of amides is 2. The molecule has 1 aromatic carbocycles. The molecule has 3 aliphatic rings. The zero-order chi connectivity index (χ0) is 24.5. The molecule has 0 radical (unpaired) electrons. The lowest BCUT2D eigenvalue weighted by Crippen LogP contribution is -2.46. The molecule has 0 spiro atoms. The third-order valence-electron chi connectivity index (χ3n) is 7.10. The number of ketones is 1. The van der Waals surface area contributed by atoms with E-state index < -0.39 is 6.04 Å². The lowest BCUT2D eigenvalue weighted by atomic mass is 10.0. The Morgan fingerprint density at radius 3 is 2.77 bits per heavy atom. The number of likely N-dealkylation sites (tertiary alicyclic amines) is 1. The van der Waals surface area contributed by atoms with Gasteiger partial charge in [0.15, 0.2) is 17.4 Å². The topological polar surface area (TPSA) is 116 Å². The predicted molar refractivity (Wildman–Crippen MR) is 128 cm³/mol. The monoisotopic (exact) mass is 539 g/mol. The Hall–Kier alpha value is -3.47. The van der Waals surface area contributed by atoms with Gasteiger partial charge in [0.05, 0.1) is 9.99 Å². The summed E-state index contributed by atoms with van der Waals surface area (Å²) in [5, 5.41) is 7.95. The number of Topliss-reactive ketones (excluding diaryl/α,β-unsaturated/α-hetero) is 1. The molecular formula is C24H22BrN5O5. The van der Waals surface area contributed by atoms with Crippen molar-refractivity contribution in [2.24, 2.45) is 5.41 Å². The van der Waals surface area contributed by atoms with Crippen LogP contribution in [0.5, 0.6) is 11.5 Å². The van der Waals surface area contributed by atoms with Crippen molar-refractivity contribution in [3.63, 3.8) is 0 Å². The molecule has 2 aliphatic heterocycles. The number of hydrogen-bond donors (Lipinski definition) is 1. The van der Waals surface area contributed by atoms with Crippen LogP contribution in [0.25, 0.3) is 10.9 Å². The largest absolute Gasteiger partial charge is 0.452 e. The molecule has 1 aliphatic carbocycles. The van der Waals surface area contributed by atoms with Gasteiger partial charge in [-0.1, -0.05) is 25.1 Å². The van der Waals surface area contributed by atoms with Gasteiger partial charge >= 0.3 is 0 Å². The van der Waals surface area contributed by atoms with Crippen LogP contribution in [0.1, 0.15) is 37.2 Å². The Balaban J connectivity index is 1.27. The van der Waals surface area contributed by atoms with Crippen LogP contribution in [0.2, 0.25) is 0 Å². The predicted octanol–water partition coefficient (Wildman–Crippen LogP) is 3.14. The molecule has 11 heteroatoms. The minimum Gasteiger partial charge on any atom is -0.452 e. The number of ether oxygens (including phenoxy) is 2. The molecule has 35 heavy (non-hydrogen) atoms. The van der Waals surface area contributed by atoms with Gasteiger partial charge in [-0.3, -0.25) is 19.1 Å². The molecule has 0 bridgehead atoms. The molecule has 10 nitrogen and oxygen atoms in total. The van der Waals surface area contributed by atoms with Crippen molar-refractivity contribution in [3.8, 4) is 11.5 Å². The van der Waals surface area contributed by atoms with Gasteiger partial charge in [0.25, 0.3) is 0 Å². The molecule has 1 saturated heterocycles. The van der Waals surface area contributed by atoms with Gasteiger partial charge in [-0.2, -0.15) is 5.10 Å². The number of rotatable bonds is 5. The number of hydrogen-bond acceptors (Lipinski definition) is 7. The molecule has 3 atom stereocenters. The Labute approximate surface area is 208 Å². The number of fused-ring (bicyclic) bond motifs is 3. The number of piperidine rings is 1. The summed E-state index contributed by atoms with van der Waals surface area (Å²) in [7, 11) is 0. The normalized spacial score (nSPS) is 23.9. The van der Waals surface area contributed by atoms with Gasteiger partial charge < -0.3 is 19.7 Å². The van der Waals surface area contributed by atoms with E-state index in [1.54, 1.807) is 9.58 Å². The van der Waals surface area contributed by atoms with Crippen molar-refractivity contribution in [3.05, 3.63) is 40.6 Å². The number of pyridine rings is 1. The van der Waals surface area contributed by atoms with Crippen LogP contribution in [-0.4, -0.2) is 56.1 Å². The van der Waals surface area contributed by atoms with Gasteiger partial charge in [-0.25, -0.2) is 4.98 Å². The zero-order valence-corrected chi connectivity index (χ0v) is 20.7. The minimum atomic E-state index is -0.649. The average Bonchev–Trinajstić information content (AvgIpc) is 3.22. The Morgan fingerprint density at radius 2 is 1.97 bits per heavy atom. The zero-order valence-electron chi connectivity index (χ0n) is 19.1. The van der Waals surface area contributed by atoms with E-state index in [0.29, 0.717) is 39.0 Å². The molecule has 2 amide bonds. The minimum absolute atomic E-state index is 0.0111. The fourth-order valence-electron chi connectivity index (χ4n) is 5.24. The second-order valence-corrected chi connectivity index (χ2v) is 10.3. The van der Waals surface area contributed by atoms with Crippen molar-refractivity contribution in [1.82, 2.24) is 19.7 Å². The number of benzene rings is 1. The van der Waals surface area contributed by atoms with Gasteiger partial charge in [0.2, 0.25) is 24.4 Å². The van der Waals surface area contributed by atoms with Gasteiger partial charge in [-0.15, -0.1) is 0 Å². The first-order valence-electron chi connectivity index (χ1n) is 11.3. The van der Waals surface area contributed by atoms with Crippen molar-refractivity contribution in [2.75, 3.05) is 12.1 Å². The highest BCUT2D eigenvalue weighted by molar-refractivity contribution is 9.10. The van der Waals surface area contributed by atoms with E-state index in [-0.39, 0.29) is 48.2 Å². The number of aromatic nitrogens is 3. The quantitative estimate of drug-likeness (QED) is 0.495. The van der Waals surface area contributed by atoms with Crippen LogP contribution in [-0.2, 0) is 16.1 Å².